The number of esters is 2. The summed E-state index contributed by atoms with van der Waals surface area (Å²) in [4.78, 5) is 35.9. The van der Waals surface area contributed by atoms with Crippen LogP contribution in [0.4, 0.5) is 0 Å². The molecule has 0 radical (unpaired) electrons. The van der Waals surface area contributed by atoms with Crippen LogP contribution in [0.1, 0.15) is 26.2 Å². The molecular formula is C31H42N6O8. The summed E-state index contributed by atoms with van der Waals surface area (Å²) in [6.45, 7) is 8.96. The van der Waals surface area contributed by atoms with Crippen molar-refractivity contribution in [1.29, 1.82) is 0 Å². The Morgan fingerprint density at radius 1 is 0.956 bits per heavy atom. The lowest BCUT2D eigenvalue weighted by atomic mass is 9.88. The summed E-state index contributed by atoms with van der Waals surface area (Å²) in [6.07, 6.45) is 14.0. The van der Waals surface area contributed by atoms with E-state index in [-0.39, 0.29) is 49.4 Å². The Labute approximate surface area is 263 Å². The zero-order valence-corrected chi connectivity index (χ0v) is 26.0. The molecule has 7 atom stereocenters. The summed E-state index contributed by atoms with van der Waals surface area (Å²) in [7, 11) is 4.08. The van der Waals surface area contributed by atoms with Gasteiger partial charge in [0.15, 0.2) is 0 Å². The van der Waals surface area contributed by atoms with Crippen molar-refractivity contribution in [3.8, 4) is 0 Å². The summed E-state index contributed by atoms with van der Waals surface area (Å²) < 4.78 is 22.1. The predicted molar refractivity (Wildman–Crippen MR) is 165 cm³/mol. The summed E-state index contributed by atoms with van der Waals surface area (Å²) >= 11 is 0. The van der Waals surface area contributed by atoms with E-state index in [0.717, 1.165) is 18.6 Å². The van der Waals surface area contributed by atoms with Gasteiger partial charge in [0, 0.05) is 29.5 Å². The summed E-state index contributed by atoms with van der Waals surface area (Å²) in [5.41, 5.74) is 0.342. The van der Waals surface area contributed by atoms with Gasteiger partial charge >= 0.3 is 11.9 Å². The zero-order chi connectivity index (χ0) is 32.8. The second kappa shape index (κ2) is 17.9. The zero-order valence-electron chi connectivity index (χ0n) is 26.0. The number of nitrogens with zero attached hydrogens (tertiary/aromatic N) is 6. The van der Waals surface area contributed by atoms with Gasteiger partial charge in [-0.15, -0.1) is 0 Å². The summed E-state index contributed by atoms with van der Waals surface area (Å²) in [5, 5.41) is 29.2. The van der Waals surface area contributed by atoms with Crippen molar-refractivity contribution >= 4 is 11.9 Å². The van der Waals surface area contributed by atoms with Gasteiger partial charge in [0.1, 0.15) is 43.4 Å². The molecule has 0 saturated carbocycles. The lowest BCUT2D eigenvalue weighted by Gasteiger charge is -2.31. The fourth-order valence-electron chi connectivity index (χ4n) is 4.78. The Bertz CT molecular complexity index is 1260. The van der Waals surface area contributed by atoms with E-state index in [1.165, 1.54) is 6.08 Å². The van der Waals surface area contributed by atoms with Crippen molar-refractivity contribution in [1.82, 2.24) is 4.90 Å². The van der Waals surface area contributed by atoms with E-state index in [4.69, 9.17) is 18.9 Å². The van der Waals surface area contributed by atoms with Gasteiger partial charge in [-0.25, -0.2) is 9.59 Å². The highest BCUT2D eigenvalue weighted by molar-refractivity contribution is 5.81. The third-order valence-electron chi connectivity index (χ3n) is 7.41. The van der Waals surface area contributed by atoms with Crippen LogP contribution in [0.3, 0.4) is 0 Å². The highest BCUT2D eigenvalue weighted by Gasteiger charge is 2.30. The van der Waals surface area contributed by atoms with Gasteiger partial charge in [-0.1, -0.05) is 38.3 Å². The number of rotatable bonds is 16. The monoisotopic (exact) mass is 626 g/mol. The molecule has 7 unspecified atom stereocenters. The lowest BCUT2D eigenvalue weighted by molar-refractivity contribution is -0.510. The van der Waals surface area contributed by atoms with E-state index >= 15 is 0 Å². The minimum atomic E-state index is -0.739. The Hall–Kier alpha value is -4.30. The van der Waals surface area contributed by atoms with Crippen LogP contribution in [0.15, 0.2) is 93.7 Å². The Morgan fingerprint density at radius 3 is 2.24 bits per heavy atom. The molecule has 0 fully saturated rings. The maximum atomic E-state index is 11.5. The summed E-state index contributed by atoms with van der Waals surface area (Å²) in [5.74, 6) is -0.555. The van der Waals surface area contributed by atoms with Gasteiger partial charge in [-0.2, -0.15) is 20.5 Å². The van der Waals surface area contributed by atoms with Crippen LogP contribution in [0.2, 0.25) is 0 Å². The number of hydrogen-bond acceptors (Lipinski definition) is 13. The first-order chi connectivity index (χ1) is 21.6. The quantitative estimate of drug-likeness (QED) is 0.0465. The van der Waals surface area contributed by atoms with Crippen LogP contribution in [0, 0.1) is 16.0 Å². The second-order valence-corrected chi connectivity index (χ2v) is 10.9. The van der Waals surface area contributed by atoms with E-state index < -0.39 is 30.1 Å². The first kappa shape index (κ1) is 35.2. The van der Waals surface area contributed by atoms with Crippen molar-refractivity contribution in [2.75, 3.05) is 40.5 Å². The lowest BCUT2D eigenvalue weighted by Crippen LogP contribution is -2.34. The maximum absolute atomic E-state index is 11.5. The van der Waals surface area contributed by atoms with E-state index in [2.05, 4.69) is 57.6 Å². The van der Waals surface area contributed by atoms with Gasteiger partial charge in [-0.3, -0.25) is 10.1 Å². The van der Waals surface area contributed by atoms with E-state index in [9.17, 15) is 19.7 Å². The number of likely N-dealkylation sites (N-methyl/N-ethyl adjacent to an activating group) is 1. The van der Waals surface area contributed by atoms with E-state index in [1.54, 1.807) is 18.2 Å². The highest BCUT2D eigenvalue weighted by Crippen LogP contribution is 2.29. The molecule has 0 aromatic carbocycles. The number of hydrogen-bond donors (Lipinski definition) is 0. The minimum Gasteiger partial charge on any atom is -0.488 e. The van der Waals surface area contributed by atoms with Crippen molar-refractivity contribution in [3.05, 3.63) is 83.3 Å². The minimum absolute atomic E-state index is 0.00352. The smallest absolute Gasteiger partial charge is 0.330 e. The Kier molecular flexibility index (Phi) is 14.0. The molecule has 0 aromatic heterocycles. The number of carbonyl (C=O) groups is 2. The van der Waals surface area contributed by atoms with Gasteiger partial charge in [0.25, 0.3) is 0 Å². The van der Waals surface area contributed by atoms with Gasteiger partial charge < -0.3 is 23.8 Å². The largest absolute Gasteiger partial charge is 0.488 e. The second-order valence-electron chi connectivity index (χ2n) is 10.9. The summed E-state index contributed by atoms with van der Waals surface area (Å²) in [6, 6.07) is -1.51. The van der Waals surface area contributed by atoms with Crippen molar-refractivity contribution in [2.24, 2.45) is 26.4 Å². The maximum Gasteiger partial charge on any atom is 0.330 e. The fourth-order valence-corrected chi connectivity index (χ4v) is 4.78. The molecule has 45 heavy (non-hydrogen) atoms. The number of carbonyl (C=O) groups excluding carboxylic acids is 2. The Balaban J connectivity index is 1.85. The van der Waals surface area contributed by atoms with Crippen molar-refractivity contribution in [2.45, 2.75) is 62.5 Å². The SMILES string of the molecule is C=CC(=O)OCCOC1=CC(/N=N/C2C=CC(N(C)C)CC2C)C(OCCOC(=O)C=C)C=C1/N=N/C1C=CC([N+](=O)[O-])CC1. The molecule has 14 heteroatoms. The third kappa shape index (κ3) is 11.3. The molecule has 0 spiro atoms. The predicted octanol–water partition coefficient (Wildman–Crippen LogP) is 4.16. The van der Waals surface area contributed by atoms with Crippen LogP contribution in [0.5, 0.6) is 0 Å². The number of azo groups is 2. The molecular weight excluding hydrogens is 584 g/mol. The van der Waals surface area contributed by atoms with Crippen LogP contribution < -0.4 is 0 Å². The van der Waals surface area contributed by atoms with E-state index in [0.29, 0.717) is 30.3 Å². The van der Waals surface area contributed by atoms with Gasteiger partial charge in [-0.05, 0) is 51.1 Å². The topological polar surface area (TPSA) is 167 Å². The van der Waals surface area contributed by atoms with Crippen molar-refractivity contribution < 1.29 is 33.5 Å². The molecule has 0 heterocycles. The van der Waals surface area contributed by atoms with Crippen LogP contribution in [-0.4, -0.2) is 98.6 Å². The van der Waals surface area contributed by atoms with Crippen molar-refractivity contribution in [3.63, 3.8) is 0 Å². The molecule has 0 N–H and O–H groups in total. The van der Waals surface area contributed by atoms with E-state index in [1.807, 2.05) is 14.1 Å². The van der Waals surface area contributed by atoms with Gasteiger partial charge in [0.05, 0.1) is 18.7 Å². The average Bonchev–Trinajstić information content (AvgIpc) is 3.03. The molecule has 3 aliphatic carbocycles. The normalized spacial score (nSPS) is 28.0. The molecule has 244 valence electrons. The van der Waals surface area contributed by atoms with Crippen LogP contribution in [0.25, 0.3) is 0 Å². The molecule has 0 amide bonds. The number of ether oxygens (including phenoxy) is 4. The highest BCUT2D eigenvalue weighted by atomic mass is 16.6. The van der Waals surface area contributed by atoms with Crippen LogP contribution >= 0.6 is 0 Å². The van der Waals surface area contributed by atoms with Gasteiger partial charge in [0.2, 0.25) is 6.04 Å². The molecule has 14 nitrogen and oxygen atoms in total. The molecule has 0 bridgehead atoms. The molecule has 3 aliphatic rings. The third-order valence-corrected chi connectivity index (χ3v) is 7.41. The van der Waals surface area contributed by atoms with Crippen LogP contribution in [-0.2, 0) is 28.5 Å². The standard InChI is InChI=1S/C31H42N6O8/c1-6-30(38)44-16-14-42-28-20-27(35-33-25-13-12-24(36(4)5)18-21(25)3)29(43-15-17-45-31(39)7-2)19-26(28)34-32-22-8-10-23(11-9-22)37(40)41/h6-8,10,12-13,19-25,27,29H,1-2,9,11,14-18H2,3-5H3/b34-32+,35-33+. The fraction of sp³-hybridized carbons (Fsp3) is 0.548. The number of nitro groups is 1. The first-order valence-corrected chi connectivity index (χ1v) is 14.9. The molecule has 0 saturated heterocycles. The Morgan fingerprint density at radius 2 is 1.64 bits per heavy atom. The molecule has 3 rings (SSSR count). The molecule has 0 aliphatic heterocycles. The molecule has 0 aromatic rings. The average molecular weight is 627 g/mol. The first-order valence-electron chi connectivity index (χ1n) is 14.9.